The van der Waals surface area contributed by atoms with Gasteiger partial charge in [-0.15, -0.1) is 0 Å². The van der Waals surface area contributed by atoms with Gasteiger partial charge >= 0.3 is 0 Å². The maximum atomic E-state index is 14.6. The third-order valence-corrected chi connectivity index (χ3v) is 9.22. The van der Waals surface area contributed by atoms with Crippen molar-refractivity contribution in [1.82, 2.24) is 10.2 Å². The molecule has 46 heavy (non-hydrogen) atoms. The summed E-state index contributed by atoms with van der Waals surface area (Å²) in [5, 5.41) is 3.41. The molecule has 4 aromatic rings. The summed E-state index contributed by atoms with van der Waals surface area (Å²) < 4.78 is 40.5. The highest BCUT2D eigenvalue weighted by atomic mass is 35.5. The molecule has 4 rings (SSSR count). The zero-order valence-electron chi connectivity index (χ0n) is 26.2. The summed E-state index contributed by atoms with van der Waals surface area (Å²) in [5.74, 6) is -0.395. The lowest BCUT2D eigenvalue weighted by atomic mass is 10.0. The number of anilines is 1. The van der Waals surface area contributed by atoms with E-state index in [9.17, 15) is 18.0 Å². The number of carbonyl (C=O) groups is 2. The Balaban J connectivity index is 1.86. The largest absolute Gasteiger partial charge is 0.497 e. The number of rotatable bonds is 14. The highest BCUT2D eigenvalue weighted by molar-refractivity contribution is 7.92. The number of methoxy groups -OCH3 is 2. The number of nitrogens with zero attached hydrogens (tertiary/aromatic N) is 2. The van der Waals surface area contributed by atoms with Crippen LogP contribution in [0.15, 0.2) is 108 Å². The van der Waals surface area contributed by atoms with Crippen LogP contribution in [0.1, 0.15) is 25.0 Å². The van der Waals surface area contributed by atoms with Gasteiger partial charge in [0.1, 0.15) is 24.1 Å². The first-order valence-corrected chi connectivity index (χ1v) is 16.5. The van der Waals surface area contributed by atoms with Gasteiger partial charge in [0, 0.05) is 30.1 Å². The monoisotopic (exact) mass is 663 g/mol. The second kappa shape index (κ2) is 15.6. The molecular formula is C35H38ClN3O6S. The number of amides is 2. The summed E-state index contributed by atoms with van der Waals surface area (Å²) in [6, 6.07) is 27.7. The molecular weight excluding hydrogens is 626 g/mol. The summed E-state index contributed by atoms with van der Waals surface area (Å²) in [6.07, 6.45) is 0.194. The van der Waals surface area contributed by atoms with Crippen molar-refractivity contribution >= 4 is 39.1 Å². The predicted octanol–water partition coefficient (Wildman–Crippen LogP) is 5.72. The third kappa shape index (κ3) is 8.58. The van der Waals surface area contributed by atoms with Gasteiger partial charge in [-0.3, -0.25) is 13.9 Å². The van der Waals surface area contributed by atoms with Crippen molar-refractivity contribution in [2.75, 3.05) is 25.1 Å². The smallest absolute Gasteiger partial charge is 0.264 e. The topological polar surface area (TPSA) is 105 Å². The Labute approximate surface area is 275 Å². The molecule has 2 amide bonds. The SMILES string of the molecule is COc1ccc(OC)c(N(CC(=O)N(Cc2cccc(Cl)c2)[C@H](Cc2ccccc2)C(=O)NC(C)C)S(=O)(=O)c2ccccc2)c1. The zero-order chi connectivity index (χ0) is 33.3. The van der Waals surface area contributed by atoms with Gasteiger partial charge in [-0.25, -0.2) is 8.42 Å². The summed E-state index contributed by atoms with van der Waals surface area (Å²) in [5.41, 5.74) is 1.61. The number of halogens is 1. The van der Waals surface area contributed by atoms with E-state index in [0.29, 0.717) is 16.3 Å². The number of hydrogen-bond donors (Lipinski definition) is 1. The lowest BCUT2D eigenvalue weighted by Crippen LogP contribution is -2.54. The molecule has 242 valence electrons. The first kappa shape index (κ1) is 34.3. The van der Waals surface area contributed by atoms with Crippen molar-refractivity contribution in [3.63, 3.8) is 0 Å². The van der Waals surface area contributed by atoms with Crippen LogP contribution in [0.4, 0.5) is 5.69 Å². The van der Waals surface area contributed by atoms with Crippen molar-refractivity contribution < 1.29 is 27.5 Å². The summed E-state index contributed by atoms with van der Waals surface area (Å²) >= 11 is 6.31. The molecule has 0 saturated carbocycles. The van der Waals surface area contributed by atoms with Crippen molar-refractivity contribution in [1.29, 1.82) is 0 Å². The molecule has 0 fully saturated rings. The van der Waals surface area contributed by atoms with Gasteiger partial charge in [0.15, 0.2) is 0 Å². The van der Waals surface area contributed by atoms with E-state index >= 15 is 0 Å². The standard InChI is InChI=1S/C35H38ClN3O6S/c1-25(2)37-35(41)32(21-26-12-7-5-8-13-26)38(23-27-14-11-15-28(36)20-27)34(40)24-39(46(42,43)30-16-9-6-10-17-30)31-22-29(44-3)18-19-33(31)45-4/h5-20,22,25,32H,21,23-24H2,1-4H3,(H,37,41)/t32-/m1/s1. The van der Waals surface area contributed by atoms with Gasteiger partial charge in [-0.05, 0) is 61.4 Å². The van der Waals surface area contributed by atoms with Crippen LogP contribution in [0.25, 0.3) is 0 Å². The average Bonchev–Trinajstić information content (AvgIpc) is 3.05. The second-order valence-electron chi connectivity index (χ2n) is 10.9. The van der Waals surface area contributed by atoms with E-state index in [1.54, 1.807) is 54.6 Å². The minimum atomic E-state index is -4.32. The number of benzene rings is 4. The number of nitrogens with one attached hydrogen (secondary N) is 1. The second-order valence-corrected chi connectivity index (χ2v) is 13.2. The Hall–Kier alpha value is -4.54. The third-order valence-electron chi connectivity index (χ3n) is 7.21. The summed E-state index contributed by atoms with van der Waals surface area (Å²) in [7, 11) is -1.44. The molecule has 11 heteroatoms. The molecule has 0 aliphatic heterocycles. The highest BCUT2D eigenvalue weighted by Gasteiger charge is 2.36. The van der Waals surface area contributed by atoms with Crippen LogP contribution in [-0.2, 0) is 32.6 Å². The minimum absolute atomic E-state index is 0.00310. The molecule has 0 aromatic heterocycles. The van der Waals surface area contributed by atoms with E-state index < -0.39 is 28.5 Å². The van der Waals surface area contributed by atoms with Gasteiger partial charge in [0.05, 0.1) is 24.8 Å². The van der Waals surface area contributed by atoms with Crippen LogP contribution in [0.5, 0.6) is 11.5 Å². The normalized spacial score (nSPS) is 11.9. The molecule has 0 bridgehead atoms. The Morgan fingerprint density at radius 2 is 1.48 bits per heavy atom. The Morgan fingerprint density at radius 3 is 2.09 bits per heavy atom. The molecule has 0 aliphatic rings. The van der Waals surface area contributed by atoms with E-state index in [-0.39, 0.29) is 41.2 Å². The minimum Gasteiger partial charge on any atom is -0.497 e. The van der Waals surface area contributed by atoms with Crippen molar-refractivity contribution in [2.45, 2.75) is 43.8 Å². The molecule has 0 spiro atoms. The maximum Gasteiger partial charge on any atom is 0.264 e. The maximum absolute atomic E-state index is 14.6. The van der Waals surface area contributed by atoms with Crippen molar-refractivity contribution in [3.8, 4) is 11.5 Å². The molecule has 0 radical (unpaired) electrons. The molecule has 4 aromatic carbocycles. The van der Waals surface area contributed by atoms with Crippen molar-refractivity contribution in [2.24, 2.45) is 0 Å². The van der Waals surface area contributed by atoms with E-state index in [0.717, 1.165) is 9.87 Å². The summed E-state index contributed by atoms with van der Waals surface area (Å²) in [4.78, 5) is 29.8. The Kier molecular flexibility index (Phi) is 11.7. The first-order valence-electron chi connectivity index (χ1n) is 14.7. The molecule has 0 heterocycles. The first-order chi connectivity index (χ1) is 22.0. The summed E-state index contributed by atoms with van der Waals surface area (Å²) in [6.45, 7) is 3.03. The lowest BCUT2D eigenvalue weighted by Gasteiger charge is -2.34. The fraction of sp³-hybridized carbons (Fsp3) is 0.257. The highest BCUT2D eigenvalue weighted by Crippen LogP contribution is 2.36. The zero-order valence-corrected chi connectivity index (χ0v) is 27.8. The fourth-order valence-corrected chi connectivity index (χ4v) is 6.64. The van der Waals surface area contributed by atoms with Gasteiger partial charge in [-0.2, -0.15) is 0 Å². The average molecular weight is 664 g/mol. The molecule has 0 unspecified atom stereocenters. The quantitative estimate of drug-likeness (QED) is 0.185. The van der Waals surface area contributed by atoms with E-state index in [1.165, 1.54) is 37.3 Å². The van der Waals surface area contributed by atoms with Crippen LogP contribution in [0.3, 0.4) is 0 Å². The van der Waals surface area contributed by atoms with Crippen LogP contribution in [-0.4, -0.2) is 58.0 Å². The van der Waals surface area contributed by atoms with Crippen LogP contribution in [0.2, 0.25) is 5.02 Å². The molecule has 9 nitrogen and oxygen atoms in total. The molecule has 1 atom stereocenters. The Bertz CT molecular complexity index is 1740. The number of ether oxygens (including phenoxy) is 2. The molecule has 0 aliphatic carbocycles. The van der Waals surface area contributed by atoms with E-state index in [2.05, 4.69) is 5.32 Å². The van der Waals surface area contributed by atoms with Gasteiger partial charge in [0.2, 0.25) is 11.8 Å². The number of hydrogen-bond acceptors (Lipinski definition) is 6. The molecule has 1 N–H and O–H groups in total. The predicted molar refractivity (Wildman–Crippen MR) is 180 cm³/mol. The fourth-order valence-electron chi connectivity index (χ4n) is 4.99. The van der Waals surface area contributed by atoms with Crippen LogP contribution >= 0.6 is 11.6 Å². The number of carbonyl (C=O) groups excluding carboxylic acids is 2. The van der Waals surface area contributed by atoms with E-state index in [4.69, 9.17) is 21.1 Å². The van der Waals surface area contributed by atoms with Crippen molar-refractivity contribution in [3.05, 3.63) is 119 Å². The van der Waals surface area contributed by atoms with Crippen LogP contribution < -0.4 is 19.1 Å². The van der Waals surface area contributed by atoms with E-state index in [1.807, 2.05) is 44.2 Å². The van der Waals surface area contributed by atoms with Gasteiger partial charge in [0.25, 0.3) is 10.0 Å². The Morgan fingerprint density at radius 1 is 0.826 bits per heavy atom. The van der Waals surface area contributed by atoms with Gasteiger partial charge < -0.3 is 19.7 Å². The lowest BCUT2D eigenvalue weighted by molar-refractivity contribution is -0.140. The van der Waals surface area contributed by atoms with Gasteiger partial charge in [-0.1, -0.05) is 72.3 Å². The number of sulfonamides is 1. The molecule has 0 saturated heterocycles. The van der Waals surface area contributed by atoms with Crippen LogP contribution in [0, 0.1) is 0 Å².